The summed E-state index contributed by atoms with van der Waals surface area (Å²) in [7, 11) is 0. The molecular formula is C19H22N8O2. The molecule has 1 aliphatic rings. The third-order valence-corrected chi connectivity index (χ3v) is 4.42. The lowest BCUT2D eigenvalue weighted by Crippen LogP contribution is -2.36. The molecule has 0 atom stereocenters. The minimum Gasteiger partial charge on any atom is -0.378 e. The van der Waals surface area contributed by atoms with Crippen LogP contribution in [0, 0.1) is 0 Å². The van der Waals surface area contributed by atoms with E-state index in [1.165, 1.54) is 17.3 Å². The van der Waals surface area contributed by atoms with Crippen molar-refractivity contribution in [3.63, 3.8) is 0 Å². The fourth-order valence-electron chi connectivity index (χ4n) is 2.92. The van der Waals surface area contributed by atoms with E-state index in [2.05, 4.69) is 35.7 Å². The lowest BCUT2D eigenvalue weighted by molar-refractivity contribution is 0.0949. The van der Waals surface area contributed by atoms with E-state index in [4.69, 9.17) is 4.74 Å². The molecule has 0 aliphatic carbocycles. The summed E-state index contributed by atoms with van der Waals surface area (Å²) in [5, 5.41) is 14.4. The average Bonchev–Trinajstić information content (AvgIpc) is 3.29. The highest BCUT2D eigenvalue weighted by molar-refractivity contribution is 5.91. The fraction of sp³-hybridized carbons (Fsp3) is 0.316. The molecule has 29 heavy (non-hydrogen) atoms. The zero-order valence-corrected chi connectivity index (χ0v) is 15.9. The van der Waals surface area contributed by atoms with Crippen LogP contribution in [0.5, 0.6) is 0 Å². The third-order valence-electron chi connectivity index (χ3n) is 4.42. The summed E-state index contributed by atoms with van der Waals surface area (Å²) in [5.74, 6) is 1.31. The molecule has 0 bridgehead atoms. The number of nitrogens with one attached hydrogen (secondary N) is 2. The minimum absolute atomic E-state index is 0.269. The zero-order chi connectivity index (χ0) is 19.9. The molecule has 10 heteroatoms. The Morgan fingerprint density at radius 2 is 1.93 bits per heavy atom. The molecule has 10 nitrogen and oxygen atoms in total. The van der Waals surface area contributed by atoms with Gasteiger partial charge in [-0.2, -0.15) is 9.90 Å². The third kappa shape index (κ3) is 4.85. The number of para-hydroxylation sites is 1. The van der Waals surface area contributed by atoms with Crippen LogP contribution < -0.4 is 15.5 Å². The second-order valence-electron chi connectivity index (χ2n) is 6.40. The molecule has 1 fully saturated rings. The van der Waals surface area contributed by atoms with Gasteiger partial charge in [0.1, 0.15) is 18.0 Å². The number of carbonyl (C=O) groups excluding carboxylic acids is 1. The Labute approximate surface area is 167 Å². The minimum atomic E-state index is -0.273. The van der Waals surface area contributed by atoms with Gasteiger partial charge in [-0.25, -0.2) is 9.97 Å². The second-order valence-corrected chi connectivity index (χ2v) is 6.40. The van der Waals surface area contributed by atoms with Gasteiger partial charge in [-0.1, -0.05) is 18.2 Å². The standard InChI is InChI=1S/C19H22N8O2/c28-19(16-13-24-27(25-16)15-4-2-1-3-5-15)21-7-6-20-17-12-18(23-14-22-17)26-8-10-29-11-9-26/h1-5,12-14H,6-11H2,(H,21,28)(H,20,22,23). The first-order valence-electron chi connectivity index (χ1n) is 9.44. The number of hydrogen-bond acceptors (Lipinski definition) is 8. The van der Waals surface area contributed by atoms with Crippen LogP contribution in [0.4, 0.5) is 11.6 Å². The summed E-state index contributed by atoms with van der Waals surface area (Å²) in [6.07, 6.45) is 2.99. The number of morpholine rings is 1. The first-order valence-corrected chi connectivity index (χ1v) is 9.44. The van der Waals surface area contributed by atoms with E-state index in [-0.39, 0.29) is 11.6 Å². The van der Waals surface area contributed by atoms with Crippen LogP contribution >= 0.6 is 0 Å². The molecule has 1 aliphatic heterocycles. The van der Waals surface area contributed by atoms with Gasteiger partial charge in [-0.05, 0) is 12.1 Å². The quantitative estimate of drug-likeness (QED) is 0.565. The van der Waals surface area contributed by atoms with E-state index in [0.29, 0.717) is 32.1 Å². The fourth-order valence-corrected chi connectivity index (χ4v) is 2.92. The van der Waals surface area contributed by atoms with Crippen molar-refractivity contribution in [2.45, 2.75) is 0 Å². The van der Waals surface area contributed by atoms with Crippen molar-refractivity contribution in [3.8, 4) is 5.69 Å². The highest BCUT2D eigenvalue weighted by Crippen LogP contribution is 2.15. The van der Waals surface area contributed by atoms with Crippen molar-refractivity contribution >= 4 is 17.5 Å². The molecule has 1 aromatic carbocycles. The molecule has 2 aromatic heterocycles. The van der Waals surface area contributed by atoms with E-state index in [9.17, 15) is 4.79 Å². The van der Waals surface area contributed by atoms with Gasteiger partial charge >= 0.3 is 0 Å². The van der Waals surface area contributed by atoms with Gasteiger partial charge in [0, 0.05) is 32.2 Å². The van der Waals surface area contributed by atoms with Gasteiger partial charge in [0.25, 0.3) is 5.91 Å². The highest BCUT2D eigenvalue weighted by atomic mass is 16.5. The van der Waals surface area contributed by atoms with Crippen LogP contribution in [0.15, 0.2) is 48.9 Å². The van der Waals surface area contributed by atoms with Crippen molar-refractivity contribution in [1.82, 2.24) is 30.3 Å². The van der Waals surface area contributed by atoms with E-state index in [0.717, 1.165) is 24.6 Å². The van der Waals surface area contributed by atoms with E-state index < -0.39 is 0 Å². The first-order chi connectivity index (χ1) is 14.3. The van der Waals surface area contributed by atoms with Crippen LogP contribution in [0.25, 0.3) is 5.69 Å². The van der Waals surface area contributed by atoms with Crippen LogP contribution in [0.1, 0.15) is 10.5 Å². The van der Waals surface area contributed by atoms with Crippen LogP contribution in [-0.4, -0.2) is 70.3 Å². The van der Waals surface area contributed by atoms with Gasteiger partial charge < -0.3 is 20.3 Å². The van der Waals surface area contributed by atoms with Crippen molar-refractivity contribution in [3.05, 3.63) is 54.6 Å². The Balaban J connectivity index is 1.25. The topological polar surface area (TPSA) is 110 Å². The molecule has 4 rings (SSSR count). The number of ether oxygens (including phenoxy) is 1. The number of aromatic nitrogens is 5. The largest absolute Gasteiger partial charge is 0.378 e. The Kier molecular flexibility index (Phi) is 5.91. The van der Waals surface area contributed by atoms with Crippen LogP contribution in [0.3, 0.4) is 0 Å². The maximum Gasteiger partial charge on any atom is 0.273 e. The molecule has 2 N–H and O–H groups in total. The summed E-state index contributed by atoms with van der Waals surface area (Å²) in [4.78, 5) is 24.4. The summed E-state index contributed by atoms with van der Waals surface area (Å²) < 4.78 is 5.36. The SMILES string of the molecule is O=C(NCCNc1cc(N2CCOCC2)ncn1)c1cnn(-c2ccccc2)n1. The Morgan fingerprint density at radius 1 is 1.10 bits per heavy atom. The smallest absolute Gasteiger partial charge is 0.273 e. The van der Waals surface area contributed by atoms with Gasteiger partial charge in [-0.3, -0.25) is 4.79 Å². The normalized spacial score (nSPS) is 13.9. The maximum absolute atomic E-state index is 12.3. The summed E-state index contributed by atoms with van der Waals surface area (Å²) >= 11 is 0. The molecule has 0 radical (unpaired) electrons. The van der Waals surface area contributed by atoms with Gasteiger partial charge in [0.05, 0.1) is 25.1 Å². The van der Waals surface area contributed by atoms with Gasteiger partial charge in [-0.15, -0.1) is 5.10 Å². The first kappa shape index (κ1) is 18.8. The predicted molar refractivity (Wildman–Crippen MR) is 107 cm³/mol. The summed E-state index contributed by atoms with van der Waals surface area (Å²) in [6, 6.07) is 11.3. The number of nitrogens with zero attached hydrogens (tertiary/aromatic N) is 6. The highest BCUT2D eigenvalue weighted by Gasteiger charge is 2.13. The van der Waals surface area contributed by atoms with Crippen molar-refractivity contribution < 1.29 is 9.53 Å². The van der Waals surface area contributed by atoms with Gasteiger partial charge in [0.15, 0.2) is 5.69 Å². The molecule has 0 saturated carbocycles. The van der Waals surface area contributed by atoms with E-state index in [1.807, 2.05) is 36.4 Å². The van der Waals surface area contributed by atoms with Crippen molar-refractivity contribution in [1.29, 1.82) is 0 Å². The predicted octanol–water partition coefficient (Wildman–Crippen LogP) is 0.736. The maximum atomic E-state index is 12.3. The van der Waals surface area contributed by atoms with Crippen molar-refractivity contribution in [2.75, 3.05) is 49.6 Å². The van der Waals surface area contributed by atoms with E-state index in [1.54, 1.807) is 0 Å². The number of carbonyl (C=O) groups is 1. The molecule has 1 saturated heterocycles. The molecule has 3 heterocycles. The number of amides is 1. The average molecular weight is 394 g/mol. The molecule has 150 valence electrons. The summed E-state index contributed by atoms with van der Waals surface area (Å²) in [6.45, 7) is 3.99. The number of benzene rings is 1. The van der Waals surface area contributed by atoms with E-state index >= 15 is 0 Å². The number of anilines is 2. The zero-order valence-electron chi connectivity index (χ0n) is 15.9. The summed E-state index contributed by atoms with van der Waals surface area (Å²) in [5.41, 5.74) is 1.07. The number of rotatable bonds is 7. The van der Waals surface area contributed by atoms with Gasteiger partial charge in [0.2, 0.25) is 0 Å². The lowest BCUT2D eigenvalue weighted by atomic mass is 10.3. The molecule has 1 amide bonds. The lowest BCUT2D eigenvalue weighted by Gasteiger charge is -2.27. The Hall–Kier alpha value is -3.53. The monoisotopic (exact) mass is 394 g/mol. The molecule has 0 unspecified atom stereocenters. The molecule has 0 spiro atoms. The van der Waals surface area contributed by atoms with Crippen LogP contribution in [-0.2, 0) is 4.74 Å². The van der Waals surface area contributed by atoms with Crippen molar-refractivity contribution in [2.24, 2.45) is 0 Å². The Morgan fingerprint density at radius 3 is 2.76 bits per heavy atom. The molecule has 3 aromatic rings. The second kappa shape index (κ2) is 9.11. The Bertz CT molecular complexity index is 940. The van der Waals surface area contributed by atoms with Crippen LogP contribution in [0.2, 0.25) is 0 Å². The number of hydrogen-bond donors (Lipinski definition) is 2. The molecular weight excluding hydrogens is 372 g/mol.